The maximum absolute atomic E-state index is 11.6. The molecule has 2 rings (SSSR count). The second-order valence-corrected chi connectivity index (χ2v) is 7.84. The van der Waals surface area contributed by atoms with Gasteiger partial charge in [0.1, 0.15) is 6.61 Å². The fourth-order valence-corrected chi connectivity index (χ4v) is 4.47. The van der Waals surface area contributed by atoms with Gasteiger partial charge >= 0.3 is 5.97 Å². The fraction of sp³-hybridized carbons (Fsp3) is 0.952. The van der Waals surface area contributed by atoms with Gasteiger partial charge in [-0.15, -0.1) is 0 Å². The summed E-state index contributed by atoms with van der Waals surface area (Å²) in [7, 11) is 0. The minimum absolute atomic E-state index is 0.0595. The van der Waals surface area contributed by atoms with Crippen LogP contribution in [0.4, 0.5) is 0 Å². The quantitative estimate of drug-likeness (QED) is 0.381. The first-order valence-corrected chi connectivity index (χ1v) is 10.6. The summed E-state index contributed by atoms with van der Waals surface area (Å²) in [5.74, 6) is 1.88. The molecule has 24 heavy (non-hydrogen) atoms. The molecule has 0 unspecified atom stereocenters. The Morgan fingerprint density at radius 2 is 1.54 bits per heavy atom. The molecular formula is C21H38O3. The zero-order chi connectivity index (χ0) is 17.0. The number of esters is 1. The topological polar surface area (TPSA) is 35.5 Å². The van der Waals surface area contributed by atoms with Gasteiger partial charge in [0.25, 0.3) is 0 Å². The van der Waals surface area contributed by atoms with E-state index in [1.807, 2.05) is 0 Å². The highest BCUT2D eigenvalue weighted by atomic mass is 16.6. The third kappa shape index (κ3) is 7.55. The van der Waals surface area contributed by atoms with E-state index in [9.17, 15) is 4.79 Å². The number of carbonyl (C=O) groups excluding carboxylic acids is 1. The van der Waals surface area contributed by atoms with E-state index in [1.54, 1.807) is 0 Å². The average molecular weight is 339 g/mol. The number of ether oxygens (including phenoxy) is 2. The third-order valence-corrected chi connectivity index (χ3v) is 5.97. The van der Waals surface area contributed by atoms with E-state index >= 15 is 0 Å². The number of carbonyl (C=O) groups is 1. The van der Waals surface area contributed by atoms with Crippen molar-refractivity contribution >= 4 is 5.97 Å². The summed E-state index contributed by atoms with van der Waals surface area (Å²) >= 11 is 0. The van der Waals surface area contributed by atoms with Crippen molar-refractivity contribution in [1.82, 2.24) is 0 Å². The van der Waals surface area contributed by atoms with Crippen molar-refractivity contribution in [2.45, 2.75) is 103 Å². The van der Waals surface area contributed by atoms with E-state index in [1.165, 1.54) is 70.6 Å². The number of hydrogen-bond acceptors (Lipinski definition) is 3. The predicted octanol–water partition coefficient (Wildman–Crippen LogP) is 5.66. The molecule has 0 saturated heterocycles. The fourth-order valence-electron chi connectivity index (χ4n) is 4.47. The Labute approximate surface area is 148 Å². The van der Waals surface area contributed by atoms with Crippen LogP contribution >= 0.6 is 0 Å². The Balaban J connectivity index is 1.46. The highest BCUT2D eigenvalue weighted by Gasteiger charge is 2.28. The smallest absolute Gasteiger partial charge is 0.305 e. The first-order chi connectivity index (χ1) is 11.8. The van der Waals surface area contributed by atoms with Crippen LogP contribution in [-0.4, -0.2) is 25.3 Å². The van der Waals surface area contributed by atoms with Crippen molar-refractivity contribution in [3.8, 4) is 0 Å². The molecule has 0 N–H and O–H groups in total. The van der Waals surface area contributed by atoms with E-state index in [2.05, 4.69) is 6.92 Å². The van der Waals surface area contributed by atoms with Crippen LogP contribution in [0.5, 0.6) is 0 Å². The molecule has 2 saturated carbocycles. The maximum atomic E-state index is 11.6. The molecule has 0 aromatic rings. The lowest BCUT2D eigenvalue weighted by Gasteiger charge is -2.35. The van der Waals surface area contributed by atoms with Crippen LogP contribution in [0.2, 0.25) is 0 Å². The van der Waals surface area contributed by atoms with Crippen molar-refractivity contribution in [3.63, 3.8) is 0 Å². The van der Waals surface area contributed by atoms with Crippen LogP contribution in [-0.2, 0) is 14.3 Å². The van der Waals surface area contributed by atoms with Gasteiger partial charge in [-0.25, -0.2) is 0 Å². The molecule has 0 aromatic heterocycles. The molecule has 2 fully saturated rings. The Bertz CT molecular complexity index is 328. The average Bonchev–Trinajstić information content (AvgIpc) is 2.64. The molecule has 3 heteroatoms. The van der Waals surface area contributed by atoms with Crippen LogP contribution in [0.15, 0.2) is 0 Å². The maximum Gasteiger partial charge on any atom is 0.305 e. The standard InChI is InChI=1S/C21H38O3/c1-2-3-4-8-11-21(22)24-17-16-23-20-14-12-19(13-15-20)18-9-6-5-7-10-18/h18-20H,2-17H2,1H3. The molecule has 3 nitrogen and oxygen atoms in total. The first-order valence-electron chi connectivity index (χ1n) is 10.6. The Hall–Kier alpha value is -0.570. The molecule has 0 aliphatic heterocycles. The van der Waals surface area contributed by atoms with Gasteiger partial charge in [0.2, 0.25) is 0 Å². The lowest BCUT2D eigenvalue weighted by Crippen LogP contribution is -2.28. The van der Waals surface area contributed by atoms with E-state index in [-0.39, 0.29) is 5.97 Å². The van der Waals surface area contributed by atoms with Crippen LogP contribution in [0, 0.1) is 11.8 Å². The van der Waals surface area contributed by atoms with Crippen molar-refractivity contribution < 1.29 is 14.3 Å². The van der Waals surface area contributed by atoms with Crippen LogP contribution in [0.3, 0.4) is 0 Å². The first kappa shape index (κ1) is 19.8. The number of hydrogen-bond donors (Lipinski definition) is 0. The molecule has 2 aliphatic carbocycles. The van der Waals surface area contributed by atoms with Crippen molar-refractivity contribution in [1.29, 1.82) is 0 Å². The predicted molar refractivity (Wildman–Crippen MR) is 98.0 cm³/mol. The highest BCUT2D eigenvalue weighted by molar-refractivity contribution is 5.69. The normalized spacial score (nSPS) is 25.5. The van der Waals surface area contributed by atoms with Gasteiger partial charge in [0.05, 0.1) is 12.7 Å². The van der Waals surface area contributed by atoms with Gasteiger partial charge < -0.3 is 9.47 Å². The van der Waals surface area contributed by atoms with Gasteiger partial charge in [-0.1, -0.05) is 58.3 Å². The van der Waals surface area contributed by atoms with Gasteiger partial charge in [0.15, 0.2) is 0 Å². The Kier molecular flexibility index (Phi) is 9.79. The summed E-state index contributed by atoms with van der Waals surface area (Å²) < 4.78 is 11.2. The number of unbranched alkanes of at least 4 members (excludes halogenated alkanes) is 3. The summed E-state index contributed by atoms with van der Waals surface area (Å²) in [6.45, 7) is 3.17. The molecule has 0 heterocycles. The molecule has 2 aliphatic rings. The number of rotatable bonds is 10. The molecule has 140 valence electrons. The summed E-state index contributed by atoms with van der Waals surface area (Å²) in [6, 6.07) is 0. The molecular weight excluding hydrogens is 300 g/mol. The minimum Gasteiger partial charge on any atom is -0.463 e. The second kappa shape index (κ2) is 11.9. The minimum atomic E-state index is -0.0595. The van der Waals surface area contributed by atoms with Crippen molar-refractivity contribution in [2.24, 2.45) is 11.8 Å². The van der Waals surface area contributed by atoms with Crippen molar-refractivity contribution in [3.05, 3.63) is 0 Å². The zero-order valence-corrected chi connectivity index (χ0v) is 15.8. The van der Waals surface area contributed by atoms with E-state index in [0.29, 0.717) is 25.7 Å². The van der Waals surface area contributed by atoms with Gasteiger partial charge in [-0.05, 0) is 43.9 Å². The Morgan fingerprint density at radius 1 is 0.833 bits per heavy atom. The van der Waals surface area contributed by atoms with Gasteiger partial charge in [-0.3, -0.25) is 4.79 Å². The summed E-state index contributed by atoms with van der Waals surface area (Å²) in [4.78, 5) is 11.6. The molecule has 0 spiro atoms. The van der Waals surface area contributed by atoms with Crippen molar-refractivity contribution in [2.75, 3.05) is 13.2 Å². The van der Waals surface area contributed by atoms with E-state index in [4.69, 9.17) is 9.47 Å². The lowest BCUT2D eigenvalue weighted by molar-refractivity contribution is -0.146. The molecule has 0 atom stereocenters. The van der Waals surface area contributed by atoms with E-state index < -0.39 is 0 Å². The summed E-state index contributed by atoms with van der Waals surface area (Å²) in [6.07, 6.45) is 17.8. The molecule has 0 bridgehead atoms. The third-order valence-electron chi connectivity index (χ3n) is 5.97. The largest absolute Gasteiger partial charge is 0.463 e. The van der Waals surface area contributed by atoms with Crippen LogP contribution in [0.25, 0.3) is 0 Å². The zero-order valence-electron chi connectivity index (χ0n) is 15.8. The molecule has 0 radical (unpaired) electrons. The van der Waals surface area contributed by atoms with Gasteiger partial charge in [0, 0.05) is 6.42 Å². The lowest BCUT2D eigenvalue weighted by atomic mass is 9.73. The summed E-state index contributed by atoms with van der Waals surface area (Å²) in [5.41, 5.74) is 0. The Morgan fingerprint density at radius 3 is 2.25 bits per heavy atom. The highest BCUT2D eigenvalue weighted by Crippen LogP contribution is 2.38. The molecule has 0 aromatic carbocycles. The molecule has 0 amide bonds. The second-order valence-electron chi connectivity index (χ2n) is 7.84. The van der Waals surface area contributed by atoms with Crippen LogP contribution in [0.1, 0.15) is 96.8 Å². The summed E-state index contributed by atoms with van der Waals surface area (Å²) in [5, 5.41) is 0. The van der Waals surface area contributed by atoms with E-state index in [0.717, 1.165) is 24.7 Å². The SMILES string of the molecule is CCCCCCC(=O)OCCOC1CCC(C2CCCCC2)CC1. The monoisotopic (exact) mass is 338 g/mol. The van der Waals surface area contributed by atoms with Gasteiger partial charge in [-0.2, -0.15) is 0 Å². The van der Waals surface area contributed by atoms with Crippen LogP contribution < -0.4 is 0 Å².